The van der Waals surface area contributed by atoms with Crippen molar-refractivity contribution in [1.82, 2.24) is 0 Å². The molecule has 4 unspecified atom stereocenters. The van der Waals surface area contributed by atoms with Crippen LogP contribution in [0, 0.1) is 29.1 Å². The lowest BCUT2D eigenvalue weighted by atomic mass is 9.50. The molecule has 4 aliphatic carbocycles. The van der Waals surface area contributed by atoms with Gasteiger partial charge in [0.15, 0.2) is 0 Å². The quantitative estimate of drug-likeness (QED) is 0.622. The van der Waals surface area contributed by atoms with Gasteiger partial charge in [-0.05, 0) is 74.0 Å². The highest BCUT2D eigenvalue weighted by Gasteiger charge is 2.57. The van der Waals surface area contributed by atoms with Gasteiger partial charge < -0.3 is 5.11 Å². The minimum absolute atomic E-state index is 0.0315. The number of hydrogen-bond acceptors (Lipinski definition) is 3. The standard InChI is InChI=1S/C21H32OS2/c1-2-20-8-3-4-17(20)16-6-5-14-12-21(23-10-11-24-21)9-7-15(14)19(16)18(22)13-20/h12,15-19,22H,2-11,13H2,1H3/t15?,16?,17?,18-,19?,20+/m1/s1. The van der Waals surface area contributed by atoms with Crippen LogP contribution >= 0.6 is 23.5 Å². The Labute approximate surface area is 155 Å². The summed E-state index contributed by atoms with van der Waals surface area (Å²) in [6.45, 7) is 2.39. The normalized spacial score (nSPS) is 49.4. The van der Waals surface area contributed by atoms with E-state index in [1.54, 1.807) is 5.57 Å². The van der Waals surface area contributed by atoms with Crippen molar-refractivity contribution in [1.29, 1.82) is 0 Å². The monoisotopic (exact) mass is 364 g/mol. The molecule has 0 aromatic heterocycles. The number of allylic oxidation sites excluding steroid dienone is 1. The SMILES string of the molecule is CC[C@@]12CCCC1C1CCC3=CC4(CCC3C1[C@H](O)C2)SCCS4. The lowest BCUT2D eigenvalue weighted by Crippen LogP contribution is -2.52. The highest BCUT2D eigenvalue weighted by Crippen LogP contribution is 2.64. The molecule has 0 aromatic rings. The first-order chi connectivity index (χ1) is 11.7. The summed E-state index contributed by atoms with van der Waals surface area (Å²) in [4.78, 5) is 0. The van der Waals surface area contributed by atoms with E-state index in [0.717, 1.165) is 18.3 Å². The summed E-state index contributed by atoms with van der Waals surface area (Å²) in [5.74, 6) is 5.69. The van der Waals surface area contributed by atoms with Crippen LogP contribution in [-0.2, 0) is 0 Å². The van der Waals surface area contributed by atoms with Gasteiger partial charge in [-0.3, -0.25) is 0 Å². The molecule has 0 radical (unpaired) electrons. The number of aliphatic hydroxyl groups excluding tert-OH is 1. The van der Waals surface area contributed by atoms with E-state index < -0.39 is 0 Å². The van der Waals surface area contributed by atoms with Gasteiger partial charge in [-0.15, -0.1) is 23.5 Å². The summed E-state index contributed by atoms with van der Waals surface area (Å²) in [5, 5.41) is 11.2. The molecule has 1 saturated heterocycles. The van der Waals surface area contributed by atoms with Gasteiger partial charge in [0.2, 0.25) is 0 Å². The average Bonchev–Trinajstić information content (AvgIpc) is 3.22. The fraction of sp³-hybridized carbons (Fsp3) is 0.905. The van der Waals surface area contributed by atoms with Crippen molar-refractivity contribution >= 4 is 23.5 Å². The van der Waals surface area contributed by atoms with E-state index in [9.17, 15) is 5.11 Å². The van der Waals surface area contributed by atoms with Crippen molar-refractivity contribution in [3.05, 3.63) is 11.6 Å². The van der Waals surface area contributed by atoms with Crippen LogP contribution in [0.3, 0.4) is 0 Å². The Morgan fingerprint density at radius 3 is 2.79 bits per heavy atom. The molecule has 5 rings (SSSR count). The smallest absolute Gasteiger partial charge is 0.0794 e. The molecule has 4 fully saturated rings. The van der Waals surface area contributed by atoms with Gasteiger partial charge in [-0.2, -0.15) is 0 Å². The third kappa shape index (κ3) is 2.33. The van der Waals surface area contributed by atoms with E-state index in [4.69, 9.17) is 0 Å². The van der Waals surface area contributed by atoms with Gasteiger partial charge in [-0.1, -0.05) is 31.4 Å². The molecule has 134 valence electrons. The molecule has 1 nitrogen and oxygen atoms in total. The van der Waals surface area contributed by atoms with Gasteiger partial charge in [-0.25, -0.2) is 0 Å². The number of hydrogen-bond donors (Lipinski definition) is 1. The molecule has 1 aliphatic heterocycles. The summed E-state index contributed by atoms with van der Waals surface area (Å²) in [6, 6.07) is 0. The Morgan fingerprint density at radius 2 is 2.00 bits per heavy atom. The Balaban J connectivity index is 1.45. The van der Waals surface area contributed by atoms with Crippen LogP contribution in [0.1, 0.15) is 64.7 Å². The highest BCUT2D eigenvalue weighted by molar-refractivity contribution is 8.21. The average molecular weight is 365 g/mol. The van der Waals surface area contributed by atoms with Crippen molar-refractivity contribution in [2.75, 3.05) is 11.5 Å². The molecule has 0 aromatic carbocycles. The van der Waals surface area contributed by atoms with E-state index in [1.807, 2.05) is 0 Å². The second-order valence-corrected chi connectivity index (χ2v) is 12.2. The summed E-state index contributed by atoms with van der Waals surface area (Å²) >= 11 is 4.39. The molecular weight excluding hydrogens is 332 g/mol. The Morgan fingerprint density at radius 1 is 1.17 bits per heavy atom. The summed E-state index contributed by atoms with van der Waals surface area (Å²) in [7, 11) is 0. The zero-order valence-corrected chi connectivity index (χ0v) is 16.6. The topological polar surface area (TPSA) is 20.2 Å². The van der Waals surface area contributed by atoms with Crippen molar-refractivity contribution in [3.63, 3.8) is 0 Å². The molecule has 0 amide bonds. The Hall–Kier alpha value is 0.400. The summed E-state index contributed by atoms with van der Waals surface area (Å²) in [5.41, 5.74) is 2.24. The summed E-state index contributed by atoms with van der Waals surface area (Å²) < 4.78 is 0.416. The first kappa shape index (κ1) is 16.6. The first-order valence-corrected chi connectivity index (χ1v) is 12.3. The maximum absolute atomic E-state index is 11.2. The molecule has 24 heavy (non-hydrogen) atoms. The van der Waals surface area contributed by atoms with E-state index >= 15 is 0 Å². The van der Waals surface area contributed by atoms with Crippen LogP contribution in [0.5, 0.6) is 0 Å². The van der Waals surface area contributed by atoms with E-state index in [0.29, 0.717) is 21.3 Å². The zero-order chi connectivity index (χ0) is 16.4. The van der Waals surface area contributed by atoms with Crippen LogP contribution in [0.25, 0.3) is 0 Å². The van der Waals surface area contributed by atoms with Gasteiger partial charge >= 0.3 is 0 Å². The van der Waals surface area contributed by atoms with Gasteiger partial charge in [0, 0.05) is 11.5 Å². The fourth-order valence-corrected chi connectivity index (χ4v) is 10.7. The molecule has 1 N–H and O–H groups in total. The fourth-order valence-electron chi connectivity index (χ4n) is 7.47. The molecule has 3 heteroatoms. The molecule has 0 bridgehead atoms. The van der Waals surface area contributed by atoms with E-state index in [-0.39, 0.29) is 6.10 Å². The Bertz CT molecular complexity index is 538. The maximum Gasteiger partial charge on any atom is 0.0794 e. The van der Waals surface area contributed by atoms with Crippen molar-refractivity contribution in [3.8, 4) is 0 Å². The number of aliphatic hydroxyl groups is 1. The summed E-state index contributed by atoms with van der Waals surface area (Å²) in [6.07, 6.45) is 14.7. The largest absolute Gasteiger partial charge is 0.393 e. The minimum Gasteiger partial charge on any atom is -0.393 e. The maximum atomic E-state index is 11.2. The van der Waals surface area contributed by atoms with Gasteiger partial charge in [0.05, 0.1) is 10.2 Å². The molecular formula is C21H32OS2. The van der Waals surface area contributed by atoms with Crippen LogP contribution < -0.4 is 0 Å². The third-order valence-corrected chi connectivity index (χ3v) is 11.8. The van der Waals surface area contributed by atoms with Crippen molar-refractivity contribution in [2.45, 2.75) is 74.9 Å². The van der Waals surface area contributed by atoms with Crippen LogP contribution in [0.15, 0.2) is 11.6 Å². The molecule has 1 heterocycles. The Kier molecular flexibility index (Phi) is 4.11. The lowest BCUT2D eigenvalue weighted by molar-refractivity contribution is -0.0993. The van der Waals surface area contributed by atoms with Crippen LogP contribution in [0.4, 0.5) is 0 Å². The van der Waals surface area contributed by atoms with Gasteiger partial charge in [0.1, 0.15) is 0 Å². The van der Waals surface area contributed by atoms with Crippen LogP contribution in [-0.4, -0.2) is 26.8 Å². The molecule has 5 aliphatic rings. The zero-order valence-electron chi connectivity index (χ0n) is 15.0. The number of thioether (sulfide) groups is 2. The minimum atomic E-state index is -0.0315. The molecule has 1 spiro atoms. The third-order valence-electron chi connectivity index (χ3n) is 8.44. The van der Waals surface area contributed by atoms with Crippen molar-refractivity contribution < 1.29 is 5.11 Å². The first-order valence-electron chi connectivity index (χ1n) is 10.3. The van der Waals surface area contributed by atoms with Crippen molar-refractivity contribution in [2.24, 2.45) is 29.1 Å². The second-order valence-electron chi connectivity index (χ2n) is 9.14. The highest BCUT2D eigenvalue weighted by atomic mass is 32.2. The number of rotatable bonds is 1. The van der Waals surface area contributed by atoms with Crippen LogP contribution in [0.2, 0.25) is 0 Å². The lowest BCUT2D eigenvalue weighted by Gasteiger charge is -2.56. The predicted molar refractivity (Wildman–Crippen MR) is 105 cm³/mol. The predicted octanol–water partition coefficient (Wildman–Crippen LogP) is 5.49. The second kappa shape index (κ2) is 5.96. The molecule has 6 atom stereocenters. The number of fused-ring (bicyclic) bond motifs is 5. The van der Waals surface area contributed by atoms with E-state index in [2.05, 4.69) is 36.5 Å². The van der Waals surface area contributed by atoms with Gasteiger partial charge in [0.25, 0.3) is 0 Å². The van der Waals surface area contributed by atoms with E-state index in [1.165, 1.54) is 62.9 Å². The molecule has 3 saturated carbocycles.